The molecule has 2 aromatic rings. The maximum absolute atomic E-state index is 12.6. The van der Waals surface area contributed by atoms with Crippen molar-refractivity contribution in [2.75, 3.05) is 14.2 Å². The summed E-state index contributed by atoms with van der Waals surface area (Å²) in [5.41, 5.74) is 0.954. The maximum atomic E-state index is 12.6. The van der Waals surface area contributed by atoms with E-state index in [1.165, 1.54) is 14.2 Å². The van der Waals surface area contributed by atoms with E-state index in [4.69, 9.17) is 26.2 Å². The van der Waals surface area contributed by atoms with E-state index in [0.717, 1.165) is 0 Å². The van der Waals surface area contributed by atoms with E-state index < -0.39 is 17.9 Å². The largest absolute Gasteiger partial charge is 0.497 e. The molecule has 0 saturated carbocycles. The average molecular weight is 364 g/mol. The van der Waals surface area contributed by atoms with Gasteiger partial charge < -0.3 is 19.9 Å². The third-order valence-electron chi connectivity index (χ3n) is 3.57. The number of carbonyl (C=O) groups excluding carboxylic acids is 1. The minimum absolute atomic E-state index is 0.255. The molecule has 0 bridgehead atoms. The summed E-state index contributed by atoms with van der Waals surface area (Å²) >= 11 is 5.86. The molecule has 2 aromatic carbocycles. The predicted octanol–water partition coefficient (Wildman–Crippen LogP) is 3.30. The first-order valence-corrected chi connectivity index (χ1v) is 7.82. The molecular weight excluding hydrogens is 346 g/mol. The van der Waals surface area contributed by atoms with E-state index in [9.17, 15) is 9.59 Å². The van der Waals surface area contributed by atoms with Crippen molar-refractivity contribution in [3.05, 3.63) is 58.6 Å². The van der Waals surface area contributed by atoms with Gasteiger partial charge in [0.1, 0.15) is 11.5 Å². The minimum Gasteiger partial charge on any atom is -0.497 e. The number of amides is 1. The number of ether oxygens (including phenoxy) is 2. The molecule has 0 heterocycles. The number of carboxylic acids is 1. The fourth-order valence-corrected chi connectivity index (χ4v) is 2.43. The summed E-state index contributed by atoms with van der Waals surface area (Å²) in [6.45, 7) is 0. The lowest BCUT2D eigenvalue weighted by atomic mass is 10.0. The normalized spacial score (nSPS) is 11.5. The molecule has 0 aliphatic rings. The van der Waals surface area contributed by atoms with Crippen molar-refractivity contribution in [1.82, 2.24) is 5.32 Å². The zero-order valence-electron chi connectivity index (χ0n) is 13.8. The summed E-state index contributed by atoms with van der Waals surface area (Å²) in [7, 11) is 2.97. The molecule has 1 unspecified atom stereocenters. The molecule has 0 radical (unpaired) electrons. The van der Waals surface area contributed by atoms with Crippen LogP contribution in [0, 0.1) is 0 Å². The van der Waals surface area contributed by atoms with Crippen LogP contribution in [0.5, 0.6) is 11.5 Å². The van der Waals surface area contributed by atoms with Crippen molar-refractivity contribution < 1.29 is 24.2 Å². The molecule has 0 aromatic heterocycles. The number of rotatable bonds is 7. The van der Waals surface area contributed by atoms with E-state index in [0.29, 0.717) is 27.6 Å². The highest BCUT2D eigenvalue weighted by Crippen LogP contribution is 2.24. The quantitative estimate of drug-likeness (QED) is 0.788. The third-order valence-corrected chi connectivity index (χ3v) is 3.82. The van der Waals surface area contributed by atoms with Crippen molar-refractivity contribution in [3.8, 4) is 11.5 Å². The Labute approximate surface area is 150 Å². The Morgan fingerprint density at radius 3 is 2.12 bits per heavy atom. The summed E-state index contributed by atoms with van der Waals surface area (Å²) in [6.07, 6.45) is -0.255. The van der Waals surface area contributed by atoms with Gasteiger partial charge in [-0.05, 0) is 29.8 Å². The molecule has 132 valence electrons. The standard InChI is InChI=1S/C18H18ClNO5/c1-24-14-7-12(8-15(9-14)25-2)18(23)20-16(10-17(21)22)11-3-5-13(19)6-4-11/h3-9,16H,10H2,1-2H3,(H,20,23)(H,21,22). The topological polar surface area (TPSA) is 84.9 Å². The van der Waals surface area contributed by atoms with E-state index in [2.05, 4.69) is 5.32 Å². The van der Waals surface area contributed by atoms with Gasteiger partial charge in [0.2, 0.25) is 0 Å². The Balaban J connectivity index is 2.27. The number of nitrogens with one attached hydrogen (secondary N) is 1. The molecule has 25 heavy (non-hydrogen) atoms. The highest BCUT2D eigenvalue weighted by molar-refractivity contribution is 6.30. The van der Waals surface area contributed by atoms with Gasteiger partial charge in [-0.2, -0.15) is 0 Å². The van der Waals surface area contributed by atoms with Crippen molar-refractivity contribution >= 4 is 23.5 Å². The molecule has 0 aliphatic heterocycles. The van der Waals surface area contributed by atoms with Crippen LogP contribution < -0.4 is 14.8 Å². The fourth-order valence-electron chi connectivity index (χ4n) is 2.30. The van der Waals surface area contributed by atoms with Gasteiger partial charge in [0.25, 0.3) is 5.91 Å². The Morgan fingerprint density at radius 1 is 1.08 bits per heavy atom. The number of methoxy groups -OCH3 is 2. The van der Waals surface area contributed by atoms with Gasteiger partial charge in [-0.25, -0.2) is 0 Å². The molecule has 0 spiro atoms. The Hall–Kier alpha value is -2.73. The number of halogens is 1. The first-order valence-electron chi connectivity index (χ1n) is 7.44. The van der Waals surface area contributed by atoms with E-state index in [1.807, 2.05) is 0 Å². The number of hydrogen-bond acceptors (Lipinski definition) is 4. The van der Waals surface area contributed by atoms with Gasteiger partial charge in [-0.3, -0.25) is 9.59 Å². The second-order valence-electron chi connectivity index (χ2n) is 5.28. The van der Waals surface area contributed by atoms with Crippen LogP contribution in [0.3, 0.4) is 0 Å². The SMILES string of the molecule is COc1cc(OC)cc(C(=O)NC(CC(=O)O)c2ccc(Cl)cc2)c1. The molecule has 0 fully saturated rings. The highest BCUT2D eigenvalue weighted by atomic mass is 35.5. The molecule has 0 aliphatic carbocycles. The second kappa shape index (κ2) is 8.39. The van der Waals surface area contributed by atoms with E-state index >= 15 is 0 Å². The van der Waals surface area contributed by atoms with Crippen LogP contribution in [0.25, 0.3) is 0 Å². The van der Waals surface area contributed by atoms with E-state index in [1.54, 1.807) is 42.5 Å². The Morgan fingerprint density at radius 2 is 1.64 bits per heavy atom. The number of carbonyl (C=O) groups is 2. The number of benzene rings is 2. The summed E-state index contributed by atoms with van der Waals surface area (Å²) in [6, 6.07) is 10.7. The van der Waals surface area contributed by atoms with Gasteiger partial charge in [-0.15, -0.1) is 0 Å². The molecule has 6 nitrogen and oxygen atoms in total. The van der Waals surface area contributed by atoms with Crippen LogP contribution >= 0.6 is 11.6 Å². The smallest absolute Gasteiger partial charge is 0.305 e. The van der Waals surface area contributed by atoms with Gasteiger partial charge in [0.15, 0.2) is 0 Å². The number of hydrogen-bond donors (Lipinski definition) is 2. The van der Waals surface area contributed by atoms with Crippen LogP contribution in [-0.4, -0.2) is 31.2 Å². The number of carboxylic acid groups (broad SMARTS) is 1. The monoisotopic (exact) mass is 363 g/mol. The maximum Gasteiger partial charge on any atom is 0.305 e. The van der Waals surface area contributed by atoms with Gasteiger partial charge in [-0.1, -0.05) is 23.7 Å². The summed E-state index contributed by atoms with van der Waals surface area (Å²) in [4.78, 5) is 23.7. The first-order chi connectivity index (χ1) is 11.9. The van der Waals surface area contributed by atoms with E-state index in [-0.39, 0.29) is 6.42 Å². The van der Waals surface area contributed by atoms with Gasteiger partial charge in [0.05, 0.1) is 26.7 Å². The zero-order valence-corrected chi connectivity index (χ0v) is 14.5. The van der Waals surface area contributed by atoms with Crippen LogP contribution in [0.4, 0.5) is 0 Å². The van der Waals surface area contributed by atoms with Crippen LogP contribution in [0.2, 0.25) is 5.02 Å². The molecule has 7 heteroatoms. The number of aliphatic carboxylic acids is 1. The van der Waals surface area contributed by atoms with Crippen LogP contribution in [0.15, 0.2) is 42.5 Å². The molecule has 1 amide bonds. The fraction of sp³-hybridized carbons (Fsp3) is 0.222. The Bertz CT molecular complexity index is 738. The van der Waals surface area contributed by atoms with Crippen molar-refractivity contribution in [1.29, 1.82) is 0 Å². The third kappa shape index (κ3) is 5.12. The molecule has 0 saturated heterocycles. The highest BCUT2D eigenvalue weighted by Gasteiger charge is 2.20. The second-order valence-corrected chi connectivity index (χ2v) is 5.71. The summed E-state index contributed by atoms with van der Waals surface area (Å²) < 4.78 is 10.3. The zero-order chi connectivity index (χ0) is 18.4. The van der Waals surface area contributed by atoms with Gasteiger partial charge >= 0.3 is 5.97 Å². The van der Waals surface area contributed by atoms with Gasteiger partial charge in [0, 0.05) is 16.7 Å². The average Bonchev–Trinajstić information content (AvgIpc) is 2.60. The van der Waals surface area contributed by atoms with Crippen molar-refractivity contribution in [3.63, 3.8) is 0 Å². The predicted molar refractivity (Wildman–Crippen MR) is 93.5 cm³/mol. The summed E-state index contributed by atoms with van der Waals surface area (Å²) in [5, 5.41) is 12.4. The molecule has 2 N–H and O–H groups in total. The molecular formula is C18H18ClNO5. The van der Waals surface area contributed by atoms with Crippen LogP contribution in [-0.2, 0) is 4.79 Å². The van der Waals surface area contributed by atoms with Crippen molar-refractivity contribution in [2.24, 2.45) is 0 Å². The van der Waals surface area contributed by atoms with Crippen LogP contribution in [0.1, 0.15) is 28.4 Å². The Kier molecular flexibility index (Phi) is 6.25. The lowest BCUT2D eigenvalue weighted by Crippen LogP contribution is -2.30. The molecule has 2 rings (SSSR count). The molecule has 1 atom stereocenters. The van der Waals surface area contributed by atoms with Crippen molar-refractivity contribution in [2.45, 2.75) is 12.5 Å². The lowest BCUT2D eigenvalue weighted by molar-refractivity contribution is -0.137. The lowest BCUT2D eigenvalue weighted by Gasteiger charge is -2.18. The summed E-state index contributed by atoms with van der Waals surface area (Å²) in [5.74, 6) is -0.529. The first kappa shape index (κ1) is 18.6. The minimum atomic E-state index is -1.02.